The quantitative estimate of drug-likeness (QED) is 0.466. The average molecular weight is 534 g/mol. The van der Waals surface area contributed by atoms with Crippen molar-refractivity contribution in [1.82, 2.24) is 9.80 Å². The van der Waals surface area contributed by atoms with E-state index in [1.165, 1.54) is 34.5 Å². The van der Waals surface area contributed by atoms with Crippen LogP contribution in [0, 0.1) is 0 Å². The van der Waals surface area contributed by atoms with E-state index < -0.39 is 9.84 Å². The first-order chi connectivity index (χ1) is 17.7. The van der Waals surface area contributed by atoms with Crippen LogP contribution in [0.25, 0.3) is 6.08 Å². The topological polar surface area (TPSA) is 107 Å². The van der Waals surface area contributed by atoms with Crippen molar-refractivity contribution >= 4 is 27.5 Å². The molecule has 1 fully saturated rings. The highest BCUT2D eigenvalue weighted by Gasteiger charge is 2.19. The minimum Gasteiger partial charge on any atom is -0.496 e. The van der Waals surface area contributed by atoms with Gasteiger partial charge in [0.05, 0.1) is 52.0 Å². The van der Waals surface area contributed by atoms with Crippen molar-refractivity contribution in [2.75, 3.05) is 73.5 Å². The molecule has 37 heavy (non-hydrogen) atoms. The molecule has 0 aromatic heterocycles. The maximum absolute atomic E-state index is 13.0. The summed E-state index contributed by atoms with van der Waals surface area (Å²) in [7, 11) is 4.36. The molecule has 3 rings (SSSR count). The fourth-order valence-electron chi connectivity index (χ4n) is 3.99. The number of likely N-dealkylation sites (N-methyl/N-ethyl adjacent to an activating group) is 1. The predicted molar refractivity (Wildman–Crippen MR) is 143 cm³/mol. The molecule has 1 saturated heterocycles. The second-order valence-corrected chi connectivity index (χ2v) is 10.6. The lowest BCUT2D eigenvalue weighted by molar-refractivity contribution is -0.117. The van der Waals surface area contributed by atoms with E-state index in [1.807, 2.05) is 0 Å². The number of nitrogens with zero attached hydrogens (tertiary/aromatic N) is 2. The second-order valence-electron chi connectivity index (χ2n) is 8.72. The lowest BCUT2D eigenvalue weighted by atomic mass is 10.1. The molecule has 0 radical (unpaired) electrons. The summed E-state index contributed by atoms with van der Waals surface area (Å²) in [6.07, 6.45) is 1.44. The second kappa shape index (κ2) is 12.8. The predicted octanol–water partition coefficient (Wildman–Crippen LogP) is 2.49. The van der Waals surface area contributed by atoms with Crippen molar-refractivity contribution in [3.8, 4) is 23.0 Å². The van der Waals surface area contributed by atoms with E-state index in [4.69, 9.17) is 18.9 Å². The van der Waals surface area contributed by atoms with Crippen LogP contribution in [0.4, 0.5) is 5.69 Å². The van der Waals surface area contributed by atoms with Gasteiger partial charge in [-0.3, -0.25) is 9.69 Å². The highest BCUT2D eigenvalue weighted by atomic mass is 32.2. The van der Waals surface area contributed by atoms with E-state index in [-0.39, 0.29) is 18.2 Å². The summed E-state index contributed by atoms with van der Waals surface area (Å²) >= 11 is 0. The third kappa shape index (κ3) is 7.85. The van der Waals surface area contributed by atoms with Gasteiger partial charge in [0.15, 0.2) is 9.84 Å². The van der Waals surface area contributed by atoms with E-state index in [9.17, 15) is 13.2 Å². The molecule has 0 spiro atoms. The number of sulfone groups is 1. The molecular formula is C26H35N3O7S. The van der Waals surface area contributed by atoms with Crippen LogP contribution in [0.15, 0.2) is 35.7 Å². The van der Waals surface area contributed by atoms with Gasteiger partial charge in [0.1, 0.15) is 23.0 Å². The Hall–Kier alpha value is -3.28. The molecule has 2 aromatic rings. The van der Waals surface area contributed by atoms with Gasteiger partial charge in [0, 0.05) is 43.7 Å². The number of hydrogen-bond acceptors (Lipinski definition) is 9. The largest absolute Gasteiger partial charge is 0.496 e. The molecule has 0 aliphatic carbocycles. The molecule has 1 aliphatic rings. The number of carbonyl (C=O) groups is 1. The van der Waals surface area contributed by atoms with Crippen molar-refractivity contribution < 1.29 is 32.2 Å². The van der Waals surface area contributed by atoms with E-state index in [0.717, 1.165) is 31.6 Å². The van der Waals surface area contributed by atoms with E-state index in [2.05, 4.69) is 22.2 Å². The van der Waals surface area contributed by atoms with Gasteiger partial charge < -0.3 is 29.2 Å². The Morgan fingerprint density at radius 2 is 1.54 bits per heavy atom. The van der Waals surface area contributed by atoms with E-state index in [1.54, 1.807) is 30.3 Å². The average Bonchev–Trinajstić information content (AvgIpc) is 2.88. The molecule has 11 heteroatoms. The smallest absolute Gasteiger partial charge is 0.238 e. The number of piperazine rings is 1. The van der Waals surface area contributed by atoms with Gasteiger partial charge in [-0.2, -0.15) is 0 Å². The molecule has 1 aliphatic heterocycles. The summed E-state index contributed by atoms with van der Waals surface area (Å²) in [4.78, 5) is 17.0. The van der Waals surface area contributed by atoms with Gasteiger partial charge in [-0.25, -0.2) is 8.42 Å². The molecular weight excluding hydrogens is 498 g/mol. The Morgan fingerprint density at radius 3 is 2.11 bits per heavy atom. The van der Waals surface area contributed by atoms with Crippen molar-refractivity contribution in [2.24, 2.45) is 0 Å². The van der Waals surface area contributed by atoms with Gasteiger partial charge in [-0.05, 0) is 30.8 Å². The maximum Gasteiger partial charge on any atom is 0.238 e. The Labute approximate surface area is 218 Å². The highest BCUT2D eigenvalue weighted by molar-refractivity contribution is 7.93. The van der Waals surface area contributed by atoms with Crippen molar-refractivity contribution in [3.05, 3.63) is 46.9 Å². The van der Waals surface area contributed by atoms with Crippen molar-refractivity contribution in [1.29, 1.82) is 0 Å². The molecule has 1 N–H and O–H groups in total. The molecule has 1 amide bonds. The zero-order valence-electron chi connectivity index (χ0n) is 21.9. The van der Waals surface area contributed by atoms with Crippen LogP contribution in [0.2, 0.25) is 0 Å². The first kappa shape index (κ1) is 28.3. The van der Waals surface area contributed by atoms with Crippen LogP contribution in [0.1, 0.15) is 11.1 Å². The number of carbonyl (C=O) groups excluding carboxylic acids is 1. The van der Waals surface area contributed by atoms with E-state index in [0.29, 0.717) is 39.8 Å². The summed E-state index contributed by atoms with van der Waals surface area (Å²) < 4.78 is 47.3. The van der Waals surface area contributed by atoms with Gasteiger partial charge in [-0.15, -0.1) is 0 Å². The minimum atomic E-state index is -3.68. The van der Waals surface area contributed by atoms with Crippen LogP contribution >= 0.6 is 0 Å². The van der Waals surface area contributed by atoms with Gasteiger partial charge in [-0.1, -0.05) is 6.07 Å². The lowest BCUT2D eigenvalue weighted by Crippen LogP contribution is -2.47. The number of methoxy groups -OCH3 is 4. The summed E-state index contributed by atoms with van der Waals surface area (Å²) in [6, 6.07) is 8.23. The maximum atomic E-state index is 13.0. The normalized spacial score (nSPS) is 14.9. The van der Waals surface area contributed by atoms with Crippen molar-refractivity contribution in [3.63, 3.8) is 0 Å². The first-order valence-corrected chi connectivity index (χ1v) is 13.5. The van der Waals surface area contributed by atoms with Crippen LogP contribution < -0.4 is 24.3 Å². The number of ether oxygens (including phenoxy) is 4. The minimum absolute atomic E-state index is 0.179. The fraction of sp³-hybridized carbons (Fsp3) is 0.423. The monoisotopic (exact) mass is 533 g/mol. The number of benzene rings is 2. The summed E-state index contributed by atoms with van der Waals surface area (Å²) in [5.41, 5.74) is 1.41. The molecule has 2 aromatic carbocycles. The molecule has 0 saturated carbocycles. The molecule has 0 atom stereocenters. The SMILES string of the molecule is COc1cc(OC)c(/C=C/S(=O)(=O)Cc2ccc(OC)c(NC(=O)CN3CCN(C)CC3)c2)c(OC)c1. The molecule has 0 bridgehead atoms. The molecule has 1 heterocycles. The Balaban J connectivity index is 1.75. The van der Waals surface area contributed by atoms with Gasteiger partial charge in [0.2, 0.25) is 5.91 Å². The summed E-state index contributed by atoms with van der Waals surface area (Å²) in [5, 5.41) is 3.99. The standard InChI is InChI=1S/C26H35N3O7S/c1-28-9-11-29(12-10-28)17-26(30)27-22-14-19(6-7-23(22)34-3)18-37(31,32)13-8-21-24(35-4)15-20(33-2)16-25(21)36-5/h6-8,13-16H,9-12,17-18H2,1-5H3,(H,27,30)/b13-8+. The molecule has 202 valence electrons. The lowest BCUT2D eigenvalue weighted by Gasteiger charge is -2.31. The third-order valence-electron chi connectivity index (χ3n) is 6.06. The van der Waals surface area contributed by atoms with Crippen molar-refractivity contribution in [2.45, 2.75) is 5.75 Å². The Bertz CT molecular complexity index is 1200. The van der Waals surface area contributed by atoms with Gasteiger partial charge in [0.25, 0.3) is 0 Å². The van der Waals surface area contributed by atoms with Crippen LogP contribution in [0.5, 0.6) is 23.0 Å². The Morgan fingerprint density at radius 1 is 0.919 bits per heavy atom. The number of hydrogen-bond donors (Lipinski definition) is 1. The number of anilines is 1. The summed E-state index contributed by atoms with van der Waals surface area (Å²) in [5.74, 6) is 1.36. The first-order valence-electron chi connectivity index (χ1n) is 11.8. The number of rotatable bonds is 11. The highest BCUT2D eigenvalue weighted by Crippen LogP contribution is 2.35. The van der Waals surface area contributed by atoms with Crippen LogP contribution in [-0.2, 0) is 20.4 Å². The fourth-order valence-corrected chi connectivity index (χ4v) is 5.07. The van der Waals surface area contributed by atoms with E-state index >= 15 is 0 Å². The zero-order valence-corrected chi connectivity index (χ0v) is 22.8. The third-order valence-corrected chi connectivity index (χ3v) is 7.35. The van der Waals surface area contributed by atoms with Crippen LogP contribution in [-0.4, -0.2) is 92.3 Å². The molecule has 10 nitrogen and oxygen atoms in total. The van der Waals surface area contributed by atoms with Crippen LogP contribution in [0.3, 0.4) is 0 Å². The number of amides is 1. The zero-order chi connectivity index (χ0) is 27.0. The molecule has 0 unspecified atom stereocenters. The number of nitrogens with one attached hydrogen (secondary N) is 1. The van der Waals surface area contributed by atoms with Gasteiger partial charge >= 0.3 is 0 Å². The summed E-state index contributed by atoms with van der Waals surface area (Å²) in [6.45, 7) is 3.70. The Kier molecular flexibility index (Phi) is 9.79.